The van der Waals surface area contributed by atoms with E-state index in [2.05, 4.69) is 39.6 Å². The lowest BCUT2D eigenvalue weighted by Gasteiger charge is -2.26. The number of benzene rings is 1. The molecule has 10 heteroatoms. The van der Waals surface area contributed by atoms with Gasteiger partial charge in [-0.2, -0.15) is 10.1 Å². The molecule has 0 atom stereocenters. The SMILES string of the molecule is CCCOCn1nc(-c2cccc(NCc3ccccc3)n2)c2cnc(NCCN3CCOCC3)nc21. The molecule has 0 bridgehead atoms. The summed E-state index contributed by atoms with van der Waals surface area (Å²) in [4.78, 5) is 16.6. The third kappa shape index (κ3) is 6.59. The van der Waals surface area contributed by atoms with Crippen molar-refractivity contribution in [1.82, 2.24) is 29.6 Å². The van der Waals surface area contributed by atoms with Crippen LogP contribution in [0.1, 0.15) is 18.9 Å². The van der Waals surface area contributed by atoms with Gasteiger partial charge in [0.1, 0.15) is 18.2 Å². The van der Waals surface area contributed by atoms with Crippen LogP contribution >= 0.6 is 0 Å². The summed E-state index contributed by atoms with van der Waals surface area (Å²) >= 11 is 0. The zero-order chi connectivity index (χ0) is 25.3. The number of rotatable bonds is 12. The van der Waals surface area contributed by atoms with Crippen LogP contribution in [0.15, 0.2) is 54.7 Å². The summed E-state index contributed by atoms with van der Waals surface area (Å²) in [6.45, 7) is 8.93. The minimum Gasteiger partial charge on any atom is -0.379 e. The molecule has 4 aromatic rings. The molecule has 0 aliphatic carbocycles. The van der Waals surface area contributed by atoms with E-state index in [1.54, 1.807) is 4.68 Å². The van der Waals surface area contributed by atoms with E-state index in [-0.39, 0.29) is 0 Å². The first-order chi connectivity index (χ1) is 18.3. The van der Waals surface area contributed by atoms with Gasteiger partial charge in [-0.15, -0.1) is 0 Å². The van der Waals surface area contributed by atoms with Gasteiger partial charge < -0.3 is 20.1 Å². The summed E-state index contributed by atoms with van der Waals surface area (Å²) < 4.78 is 13.0. The molecule has 2 N–H and O–H groups in total. The predicted molar refractivity (Wildman–Crippen MR) is 144 cm³/mol. The van der Waals surface area contributed by atoms with Crippen LogP contribution in [0.3, 0.4) is 0 Å². The molecule has 0 unspecified atom stereocenters. The van der Waals surface area contributed by atoms with Gasteiger partial charge in [0.05, 0.1) is 24.3 Å². The molecule has 1 aliphatic heterocycles. The van der Waals surface area contributed by atoms with Gasteiger partial charge >= 0.3 is 0 Å². The van der Waals surface area contributed by atoms with Gasteiger partial charge in [-0.1, -0.05) is 43.3 Å². The number of aromatic nitrogens is 5. The van der Waals surface area contributed by atoms with E-state index >= 15 is 0 Å². The maximum atomic E-state index is 5.81. The zero-order valence-electron chi connectivity index (χ0n) is 21.3. The van der Waals surface area contributed by atoms with Crippen LogP contribution in [0.25, 0.3) is 22.4 Å². The quantitative estimate of drug-likeness (QED) is 0.281. The Hall–Kier alpha value is -3.60. The Morgan fingerprint density at radius 2 is 1.86 bits per heavy atom. The van der Waals surface area contributed by atoms with Crippen LogP contribution in [0.2, 0.25) is 0 Å². The van der Waals surface area contributed by atoms with Crippen molar-refractivity contribution in [2.75, 3.05) is 56.6 Å². The predicted octanol–water partition coefficient (Wildman–Crippen LogP) is 3.63. The van der Waals surface area contributed by atoms with E-state index in [4.69, 9.17) is 24.5 Å². The molecule has 0 amide bonds. The van der Waals surface area contributed by atoms with Gasteiger partial charge in [0.25, 0.3) is 0 Å². The van der Waals surface area contributed by atoms with Gasteiger partial charge in [0.15, 0.2) is 5.65 Å². The Morgan fingerprint density at radius 1 is 1.00 bits per heavy atom. The van der Waals surface area contributed by atoms with Crippen molar-refractivity contribution >= 4 is 22.8 Å². The zero-order valence-corrected chi connectivity index (χ0v) is 21.3. The number of hydrogen-bond donors (Lipinski definition) is 2. The summed E-state index contributed by atoms with van der Waals surface area (Å²) in [6, 6.07) is 16.2. The Kier molecular flexibility index (Phi) is 8.52. The van der Waals surface area contributed by atoms with E-state index in [0.29, 0.717) is 25.8 Å². The number of morpholine rings is 1. The lowest BCUT2D eigenvalue weighted by Crippen LogP contribution is -2.39. The van der Waals surface area contributed by atoms with Gasteiger partial charge in [-0.3, -0.25) is 4.90 Å². The molecule has 1 saturated heterocycles. The molecule has 194 valence electrons. The second kappa shape index (κ2) is 12.6. The molecular formula is C27H34N8O2. The average molecular weight is 503 g/mol. The molecule has 1 aliphatic rings. The maximum Gasteiger partial charge on any atom is 0.224 e. The monoisotopic (exact) mass is 502 g/mol. The Labute approximate surface area is 217 Å². The number of pyridine rings is 1. The number of nitrogens with zero attached hydrogens (tertiary/aromatic N) is 6. The fourth-order valence-electron chi connectivity index (χ4n) is 4.22. The number of fused-ring (bicyclic) bond motifs is 1. The van der Waals surface area contributed by atoms with Gasteiger partial charge in [0, 0.05) is 45.5 Å². The highest BCUT2D eigenvalue weighted by Crippen LogP contribution is 2.27. The highest BCUT2D eigenvalue weighted by Gasteiger charge is 2.17. The van der Waals surface area contributed by atoms with Crippen molar-refractivity contribution in [2.24, 2.45) is 0 Å². The van der Waals surface area contributed by atoms with Crippen molar-refractivity contribution in [3.8, 4) is 11.4 Å². The Bertz CT molecular complexity index is 1270. The van der Waals surface area contributed by atoms with E-state index in [1.165, 1.54) is 5.56 Å². The maximum absolute atomic E-state index is 5.81. The molecule has 0 saturated carbocycles. The van der Waals surface area contributed by atoms with Gasteiger partial charge in [0.2, 0.25) is 5.95 Å². The molecule has 4 heterocycles. The molecule has 1 aromatic carbocycles. The van der Waals surface area contributed by atoms with Crippen molar-refractivity contribution in [3.63, 3.8) is 0 Å². The largest absolute Gasteiger partial charge is 0.379 e. The van der Waals surface area contributed by atoms with E-state index in [9.17, 15) is 0 Å². The molecular weight excluding hydrogens is 468 g/mol. The van der Waals surface area contributed by atoms with Gasteiger partial charge in [-0.25, -0.2) is 14.6 Å². The molecule has 1 fully saturated rings. The highest BCUT2D eigenvalue weighted by atomic mass is 16.5. The molecule has 0 spiro atoms. The smallest absolute Gasteiger partial charge is 0.224 e. The Balaban J connectivity index is 1.35. The second-order valence-electron chi connectivity index (χ2n) is 8.94. The van der Waals surface area contributed by atoms with Crippen molar-refractivity contribution < 1.29 is 9.47 Å². The van der Waals surface area contributed by atoms with Crippen LogP contribution in [0.5, 0.6) is 0 Å². The number of anilines is 2. The molecule has 0 radical (unpaired) electrons. The molecule has 10 nitrogen and oxygen atoms in total. The third-order valence-electron chi connectivity index (χ3n) is 6.17. The highest BCUT2D eigenvalue weighted by molar-refractivity contribution is 5.90. The third-order valence-corrected chi connectivity index (χ3v) is 6.17. The van der Waals surface area contributed by atoms with Crippen LogP contribution in [0.4, 0.5) is 11.8 Å². The first kappa shape index (κ1) is 25.1. The van der Waals surface area contributed by atoms with Crippen LogP contribution in [-0.2, 0) is 22.7 Å². The minimum absolute atomic E-state index is 0.320. The number of hydrogen-bond acceptors (Lipinski definition) is 9. The Morgan fingerprint density at radius 3 is 2.70 bits per heavy atom. The van der Waals surface area contributed by atoms with Crippen LogP contribution in [0, 0.1) is 0 Å². The summed E-state index contributed by atoms with van der Waals surface area (Å²) in [7, 11) is 0. The van der Waals surface area contributed by atoms with Gasteiger partial charge in [-0.05, 0) is 24.1 Å². The van der Waals surface area contributed by atoms with Crippen molar-refractivity contribution in [2.45, 2.75) is 26.6 Å². The first-order valence-corrected chi connectivity index (χ1v) is 12.9. The van der Waals surface area contributed by atoms with Crippen LogP contribution in [-0.4, -0.2) is 75.6 Å². The van der Waals surface area contributed by atoms with E-state index in [0.717, 1.165) is 74.1 Å². The summed E-state index contributed by atoms with van der Waals surface area (Å²) in [6.07, 6.45) is 2.76. The normalized spacial score (nSPS) is 14.2. The number of nitrogens with one attached hydrogen (secondary N) is 2. The lowest BCUT2D eigenvalue weighted by atomic mass is 10.2. The van der Waals surface area contributed by atoms with Crippen LogP contribution < -0.4 is 10.6 Å². The van der Waals surface area contributed by atoms with E-state index in [1.807, 2.05) is 42.6 Å². The molecule has 3 aromatic heterocycles. The number of ether oxygens (including phenoxy) is 2. The fraction of sp³-hybridized carbons (Fsp3) is 0.407. The lowest BCUT2D eigenvalue weighted by molar-refractivity contribution is 0.0398. The van der Waals surface area contributed by atoms with Crippen molar-refractivity contribution in [1.29, 1.82) is 0 Å². The summed E-state index contributed by atoms with van der Waals surface area (Å²) in [5, 5.41) is 12.4. The molecule has 5 rings (SSSR count). The molecule has 37 heavy (non-hydrogen) atoms. The fourth-order valence-corrected chi connectivity index (χ4v) is 4.22. The average Bonchev–Trinajstić information content (AvgIpc) is 3.31. The van der Waals surface area contributed by atoms with E-state index < -0.39 is 0 Å². The first-order valence-electron chi connectivity index (χ1n) is 12.9. The minimum atomic E-state index is 0.320. The summed E-state index contributed by atoms with van der Waals surface area (Å²) in [5.41, 5.74) is 3.41. The standard InChI is InChI=1S/C27H34N8O2/c1-2-15-37-20-35-26-22(19-30-27(32-26)28-11-12-34-13-16-36-17-14-34)25(33-35)23-9-6-10-24(31-23)29-18-21-7-4-3-5-8-21/h3-10,19H,2,11-18,20H2,1H3,(H,29,31)(H,28,30,32). The summed E-state index contributed by atoms with van der Waals surface area (Å²) in [5.74, 6) is 1.36. The van der Waals surface area contributed by atoms with Crippen molar-refractivity contribution in [3.05, 3.63) is 60.3 Å². The second-order valence-corrected chi connectivity index (χ2v) is 8.94. The topological polar surface area (TPSA) is 102 Å².